The van der Waals surface area contributed by atoms with Gasteiger partial charge in [0.1, 0.15) is 0 Å². The Morgan fingerprint density at radius 1 is 1.25 bits per heavy atom. The van der Waals surface area contributed by atoms with Gasteiger partial charge in [-0.25, -0.2) is 4.79 Å². The second-order valence-electron chi connectivity index (χ2n) is 4.00. The maximum atomic E-state index is 11.0. The van der Waals surface area contributed by atoms with Gasteiger partial charge in [-0.05, 0) is 17.7 Å². The summed E-state index contributed by atoms with van der Waals surface area (Å²) in [5.41, 5.74) is 7.22. The molecule has 0 saturated carbocycles. The third-order valence-corrected chi connectivity index (χ3v) is 3.06. The number of carboxylic acids is 1. The fraction of sp³-hybridized carbons (Fsp3) is 0. The highest BCUT2D eigenvalue weighted by Crippen LogP contribution is 2.35. The Labute approximate surface area is 117 Å². The monoisotopic (exact) mass is 291 g/mol. The van der Waals surface area contributed by atoms with Crippen LogP contribution < -0.4 is 10.5 Å². The third-order valence-electron chi connectivity index (χ3n) is 2.67. The summed E-state index contributed by atoms with van der Waals surface area (Å²) in [6.07, 6.45) is 0. The molecular weight excluding hydrogens is 280 g/mol. The van der Waals surface area contributed by atoms with Crippen LogP contribution in [0.4, 0.5) is 11.4 Å². The molecule has 1 unspecified atom stereocenters. The number of hydrogen-bond donors (Lipinski definition) is 3. The Hall–Kier alpha value is -2.38. The molecule has 0 aliphatic rings. The number of nitrogen functional groups attached to an aromatic ring is 1. The molecule has 2 aromatic carbocycles. The normalized spacial score (nSPS) is 11.8. The van der Waals surface area contributed by atoms with Crippen LogP contribution >= 0.6 is 0 Å². The highest BCUT2D eigenvalue weighted by molar-refractivity contribution is 7.80. The number of nitrogens with two attached hydrogens (primary N) is 1. The van der Waals surface area contributed by atoms with Crippen molar-refractivity contribution in [1.29, 1.82) is 0 Å². The minimum atomic E-state index is -2.58. The summed E-state index contributed by atoms with van der Waals surface area (Å²) in [5.74, 6) is -1.18. The zero-order valence-electron chi connectivity index (χ0n) is 10.2. The number of hydrogen-bond acceptors (Lipinski definition) is 4. The fourth-order valence-electron chi connectivity index (χ4n) is 1.89. The zero-order chi connectivity index (χ0) is 14.7. The number of carbonyl (C=O) groups is 1. The van der Waals surface area contributed by atoms with Crippen molar-refractivity contribution in [2.24, 2.45) is 0 Å². The molecule has 1 atom stereocenters. The van der Waals surface area contributed by atoms with Crippen LogP contribution in [0.25, 0.3) is 11.1 Å². The van der Waals surface area contributed by atoms with Gasteiger partial charge in [-0.15, -0.1) is 0 Å². The predicted octanol–water partition coefficient (Wildman–Crippen LogP) is 1.84. The summed E-state index contributed by atoms with van der Waals surface area (Å²) < 4.78 is 23.9. The third kappa shape index (κ3) is 2.95. The first-order valence-electron chi connectivity index (χ1n) is 5.57. The van der Waals surface area contributed by atoms with Crippen molar-refractivity contribution in [1.82, 2.24) is 0 Å². The molecule has 0 aliphatic heterocycles. The molecule has 20 heavy (non-hydrogen) atoms. The molecular formula is C13H11N2O4S-. The Kier molecular flexibility index (Phi) is 4.02. The Morgan fingerprint density at radius 3 is 2.45 bits per heavy atom. The van der Waals surface area contributed by atoms with Crippen LogP contribution in [0.1, 0.15) is 10.4 Å². The SMILES string of the molecule is Nc1cc(C(=O)O)cc(NS(=O)[O-])c1-c1ccccc1. The lowest BCUT2D eigenvalue weighted by molar-refractivity contribution is 0.0697. The minimum absolute atomic E-state index is 0.0878. The average molecular weight is 291 g/mol. The lowest BCUT2D eigenvalue weighted by atomic mass is 9.99. The van der Waals surface area contributed by atoms with Crippen molar-refractivity contribution >= 4 is 28.6 Å². The van der Waals surface area contributed by atoms with Gasteiger partial charge in [0.25, 0.3) is 0 Å². The van der Waals surface area contributed by atoms with Crippen LogP contribution in [0.5, 0.6) is 0 Å². The van der Waals surface area contributed by atoms with E-state index in [1.54, 1.807) is 24.3 Å². The van der Waals surface area contributed by atoms with Crippen molar-refractivity contribution in [3.8, 4) is 11.1 Å². The maximum absolute atomic E-state index is 11.0. The number of nitrogens with one attached hydrogen (secondary N) is 1. The number of aromatic carboxylic acids is 1. The van der Waals surface area contributed by atoms with Gasteiger partial charge in [-0.2, -0.15) is 0 Å². The molecule has 0 aliphatic carbocycles. The Morgan fingerprint density at radius 2 is 1.90 bits per heavy atom. The standard InChI is InChI=1S/C13H12N2O4S/c14-10-6-9(13(16)17)7-11(15-20(18)19)12(10)8-4-2-1-3-5-8/h1-7,15H,14H2,(H,16,17)(H,18,19)/p-1. The Bertz CT molecular complexity index is 674. The second kappa shape index (κ2) is 5.72. The van der Waals surface area contributed by atoms with Gasteiger partial charge in [0.2, 0.25) is 0 Å². The molecule has 0 amide bonds. The van der Waals surface area contributed by atoms with Gasteiger partial charge >= 0.3 is 5.97 Å². The summed E-state index contributed by atoms with van der Waals surface area (Å²) in [5, 5.41) is 8.99. The van der Waals surface area contributed by atoms with Crippen molar-refractivity contribution < 1.29 is 18.7 Å². The van der Waals surface area contributed by atoms with Crippen LogP contribution in [0, 0.1) is 0 Å². The first-order chi connectivity index (χ1) is 9.49. The maximum Gasteiger partial charge on any atom is 0.335 e. The predicted molar refractivity (Wildman–Crippen MR) is 75.8 cm³/mol. The molecule has 0 radical (unpaired) electrons. The molecule has 0 saturated heterocycles. The van der Waals surface area contributed by atoms with Crippen LogP contribution in [0.2, 0.25) is 0 Å². The smallest absolute Gasteiger partial charge is 0.335 e. The fourth-order valence-corrected chi connectivity index (χ4v) is 2.23. The molecule has 4 N–H and O–H groups in total. The van der Waals surface area contributed by atoms with Crippen LogP contribution in [0.3, 0.4) is 0 Å². The molecule has 2 aromatic rings. The highest BCUT2D eigenvalue weighted by atomic mass is 32.2. The molecule has 0 bridgehead atoms. The topological polar surface area (TPSA) is 115 Å². The number of rotatable bonds is 4. The molecule has 7 heteroatoms. The number of carboxylic acid groups (broad SMARTS) is 1. The Balaban J connectivity index is 2.65. The summed E-state index contributed by atoms with van der Waals surface area (Å²) in [7, 11) is 0. The molecule has 0 spiro atoms. The summed E-state index contributed by atoms with van der Waals surface area (Å²) in [4.78, 5) is 11.0. The number of anilines is 2. The van der Waals surface area contributed by atoms with E-state index in [9.17, 15) is 13.6 Å². The second-order valence-corrected chi connectivity index (χ2v) is 4.67. The van der Waals surface area contributed by atoms with Crippen molar-refractivity contribution in [3.63, 3.8) is 0 Å². The van der Waals surface area contributed by atoms with Crippen LogP contribution in [-0.4, -0.2) is 19.8 Å². The van der Waals surface area contributed by atoms with E-state index in [4.69, 9.17) is 10.8 Å². The number of benzene rings is 2. The quantitative estimate of drug-likeness (QED) is 0.587. The van der Waals surface area contributed by atoms with E-state index in [1.807, 2.05) is 6.07 Å². The van der Waals surface area contributed by atoms with Crippen LogP contribution in [-0.2, 0) is 11.3 Å². The molecule has 104 valence electrons. The zero-order valence-corrected chi connectivity index (χ0v) is 11.0. The first kappa shape index (κ1) is 14.0. The molecule has 6 nitrogen and oxygen atoms in total. The van der Waals surface area contributed by atoms with Gasteiger partial charge in [-0.1, -0.05) is 30.3 Å². The van der Waals surface area contributed by atoms with Gasteiger partial charge in [0.15, 0.2) is 0 Å². The first-order valence-corrected chi connectivity index (χ1v) is 6.64. The molecule has 0 fully saturated rings. The van der Waals surface area contributed by atoms with Crippen molar-refractivity contribution in [2.75, 3.05) is 10.5 Å². The molecule has 2 rings (SSSR count). The van der Waals surface area contributed by atoms with Crippen molar-refractivity contribution in [2.45, 2.75) is 0 Å². The summed E-state index contributed by atoms with van der Waals surface area (Å²) in [6, 6.07) is 11.4. The van der Waals surface area contributed by atoms with Crippen molar-refractivity contribution in [3.05, 3.63) is 48.0 Å². The largest absolute Gasteiger partial charge is 0.755 e. The summed E-state index contributed by atoms with van der Waals surface area (Å²) in [6.45, 7) is 0. The van der Waals surface area contributed by atoms with Gasteiger partial charge in [-0.3, -0.25) is 4.21 Å². The lowest BCUT2D eigenvalue weighted by Gasteiger charge is -2.16. The van der Waals surface area contributed by atoms with E-state index in [-0.39, 0.29) is 16.9 Å². The van der Waals surface area contributed by atoms with E-state index in [1.165, 1.54) is 12.1 Å². The lowest BCUT2D eigenvalue weighted by Crippen LogP contribution is -2.08. The molecule has 0 heterocycles. The van der Waals surface area contributed by atoms with Gasteiger partial charge in [0.05, 0.1) is 11.3 Å². The van der Waals surface area contributed by atoms with Crippen LogP contribution in [0.15, 0.2) is 42.5 Å². The van der Waals surface area contributed by atoms with E-state index in [0.29, 0.717) is 11.1 Å². The minimum Gasteiger partial charge on any atom is -0.755 e. The van der Waals surface area contributed by atoms with E-state index < -0.39 is 17.2 Å². The van der Waals surface area contributed by atoms with Gasteiger partial charge < -0.3 is 20.1 Å². The average Bonchev–Trinajstić information content (AvgIpc) is 2.38. The van der Waals surface area contributed by atoms with E-state index >= 15 is 0 Å². The molecule has 0 aromatic heterocycles. The van der Waals surface area contributed by atoms with Gasteiger partial charge in [0, 0.05) is 22.5 Å². The highest BCUT2D eigenvalue weighted by Gasteiger charge is 2.14. The summed E-state index contributed by atoms with van der Waals surface area (Å²) >= 11 is -2.58. The van der Waals surface area contributed by atoms with E-state index in [0.717, 1.165) is 0 Å². The van der Waals surface area contributed by atoms with E-state index in [2.05, 4.69) is 4.72 Å².